The zero-order valence-electron chi connectivity index (χ0n) is 13.4. The zero-order chi connectivity index (χ0) is 15.7. The van der Waals surface area contributed by atoms with E-state index in [1.165, 1.54) is 0 Å². The Morgan fingerprint density at radius 3 is 2.91 bits per heavy atom. The average molecular weight is 303 g/mol. The van der Waals surface area contributed by atoms with Gasteiger partial charge in [-0.15, -0.1) is 10.2 Å². The standard InChI is InChI=1S/C14H21N7O/c1-9-5-11(15-3)17-14(16-9)20-6-10(2)21-12(7-20)18-19-13(21)8-22-4/h5,10H,6-8H2,1-4H3,(H,15,16,17)/t10-/m0/s1. The van der Waals surface area contributed by atoms with Crippen LogP contribution in [0.2, 0.25) is 0 Å². The highest BCUT2D eigenvalue weighted by molar-refractivity contribution is 5.43. The van der Waals surface area contributed by atoms with E-state index in [0.717, 1.165) is 35.7 Å². The molecule has 1 atom stereocenters. The van der Waals surface area contributed by atoms with Crippen molar-refractivity contribution in [3.8, 4) is 0 Å². The van der Waals surface area contributed by atoms with Crippen molar-refractivity contribution in [2.24, 2.45) is 0 Å². The summed E-state index contributed by atoms with van der Waals surface area (Å²) < 4.78 is 7.34. The minimum Gasteiger partial charge on any atom is -0.377 e. The van der Waals surface area contributed by atoms with Gasteiger partial charge in [0.15, 0.2) is 11.6 Å². The molecule has 1 N–H and O–H groups in total. The van der Waals surface area contributed by atoms with Gasteiger partial charge in [-0.05, 0) is 13.8 Å². The second-order valence-electron chi connectivity index (χ2n) is 5.51. The Hall–Kier alpha value is -2.22. The van der Waals surface area contributed by atoms with E-state index < -0.39 is 0 Å². The normalized spacial score (nSPS) is 17.5. The summed E-state index contributed by atoms with van der Waals surface area (Å²) in [6, 6.07) is 2.17. The predicted octanol–water partition coefficient (Wildman–Crippen LogP) is 1.15. The summed E-state index contributed by atoms with van der Waals surface area (Å²) in [5.74, 6) is 3.33. The molecule has 22 heavy (non-hydrogen) atoms. The quantitative estimate of drug-likeness (QED) is 0.907. The van der Waals surface area contributed by atoms with Crippen molar-refractivity contribution >= 4 is 11.8 Å². The van der Waals surface area contributed by atoms with Gasteiger partial charge in [0.05, 0.1) is 12.6 Å². The first-order chi connectivity index (χ1) is 10.6. The number of hydrogen-bond acceptors (Lipinski definition) is 7. The molecule has 0 bridgehead atoms. The van der Waals surface area contributed by atoms with Gasteiger partial charge < -0.3 is 19.5 Å². The van der Waals surface area contributed by atoms with E-state index in [1.54, 1.807) is 7.11 Å². The van der Waals surface area contributed by atoms with Gasteiger partial charge in [-0.3, -0.25) is 0 Å². The lowest BCUT2D eigenvalue weighted by Gasteiger charge is -2.32. The fourth-order valence-electron chi connectivity index (χ4n) is 2.82. The van der Waals surface area contributed by atoms with E-state index in [0.29, 0.717) is 13.2 Å². The number of nitrogens with one attached hydrogen (secondary N) is 1. The van der Waals surface area contributed by atoms with Gasteiger partial charge in [-0.2, -0.15) is 4.98 Å². The fraction of sp³-hybridized carbons (Fsp3) is 0.571. The van der Waals surface area contributed by atoms with E-state index in [2.05, 4.69) is 41.9 Å². The summed E-state index contributed by atoms with van der Waals surface area (Å²) in [7, 11) is 3.53. The third-order valence-corrected chi connectivity index (χ3v) is 3.75. The van der Waals surface area contributed by atoms with Crippen molar-refractivity contribution in [3.05, 3.63) is 23.4 Å². The topological polar surface area (TPSA) is 81.0 Å². The molecule has 2 aromatic rings. The van der Waals surface area contributed by atoms with Crippen LogP contribution in [-0.4, -0.2) is 45.4 Å². The van der Waals surface area contributed by atoms with Crippen LogP contribution in [0.25, 0.3) is 0 Å². The van der Waals surface area contributed by atoms with Gasteiger partial charge >= 0.3 is 0 Å². The highest BCUT2D eigenvalue weighted by atomic mass is 16.5. The molecule has 0 saturated carbocycles. The maximum Gasteiger partial charge on any atom is 0.228 e. The molecule has 1 aliphatic heterocycles. The highest BCUT2D eigenvalue weighted by Gasteiger charge is 2.28. The Bertz CT molecular complexity index is 669. The van der Waals surface area contributed by atoms with Crippen LogP contribution in [0, 0.1) is 6.92 Å². The lowest BCUT2D eigenvalue weighted by atomic mass is 10.2. The van der Waals surface area contributed by atoms with E-state index >= 15 is 0 Å². The summed E-state index contributed by atoms with van der Waals surface area (Å²) in [5, 5.41) is 11.6. The number of ether oxygens (including phenoxy) is 1. The van der Waals surface area contributed by atoms with Crippen LogP contribution in [0.4, 0.5) is 11.8 Å². The molecule has 0 fully saturated rings. The smallest absolute Gasteiger partial charge is 0.228 e. The predicted molar refractivity (Wildman–Crippen MR) is 82.8 cm³/mol. The summed E-state index contributed by atoms with van der Waals surface area (Å²) in [5.41, 5.74) is 0.939. The number of fused-ring (bicyclic) bond motifs is 1. The van der Waals surface area contributed by atoms with Crippen molar-refractivity contribution in [2.45, 2.75) is 33.0 Å². The molecule has 0 spiro atoms. The molecule has 8 nitrogen and oxygen atoms in total. The third-order valence-electron chi connectivity index (χ3n) is 3.75. The van der Waals surface area contributed by atoms with Crippen molar-refractivity contribution in [1.29, 1.82) is 0 Å². The molecule has 0 amide bonds. The second kappa shape index (κ2) is 5.88. The molecular weight excluding hydrogens is 282 g/mol. The number of methoxy groups -OCH3 is 1. The molecule has 8 heteroatoms. The van der Waals surface area contributed by atoms with E-state index in [-0.39, 0.29) is 6.04 Å². The minimum absolute atomic E-state index is 0.242. The Morgan fingerprint density at radius 1 is 1.36 bits per heavy atom. The van der Waals surface area contributed by atoms with Crippen LogP contribution >= 0.6 is 0 Å². The number of hydrogen-bond donors (Lipinski definition) is 1. The molecule has 0 radical (unpaired) electrons. The molecule has 0 aromatic carbocycles. The Kier molecular flexibility index (Phi) is 3.93. The molecule has 3 heterocycles. The molecule has 2 aromatic heterocycles. The van der Waals surface area contributed by atoms with Crippen LogP contribution in [0.15, 0.2) is 6.07 Å². The van der Waals surface area contributed by atoms with E-state index in [4.69, 9.17) is 4.74 Å². The maximum absolute atomic E-state index is 5.19. The van der Waals surface area contributed by atoms with Crippen molar-refractivity contribution in [1.82, 2.24) is 24.7 Å². The zero-order valence-corrected chi connectivity index (χ0v) is 13.4. The third kappa shape index (κ3) is 2.61. The molecule has 1 aliphatic rings. The van der Waals surface area contributed by atoms with Gasteiger partial charge in [0.25, 0.3) is 0 Å². The van der Waals surface area contributed by atoms with Crippen LogP contribution in [-0.2, 0) is 17.9 Å². The molecule has 0 aliphatic carbocycles. The summed E-state index contributed by atoms with van der Waals surface area (Å²) in [6.07, 6.45) is 0. The number of aryl methyl sites for hydroxylation is 1. The fourth-order valence-corrected chi connectivity index (χ4v) is 2.82. The molecule has 118 valence electrons. The summed E-state index contributed by atoms with van der Waals surface area (Å²) in [6.45, 7) is 6.05. The van der Waals surface area contributed by atoms with Crippen LogP contribution in [0.3, 0.4) is 0 Å². The molecular formula is C14H21N7O. The van der Waals surface area contributed by atoms with E-state index in [1.807, 2.05) is 20.0 Å². The van der Waals surface area contributed by atoms with E-state index in [9.17, 15) is 0 Å². The Labute approximate surface area is 129 Å². The maximum atomic E-state index is 5.19. The molecule has 0 saturated heterocycles. The first kappa shape index (κ1) is 14.7. The Morgan fingerprint density at radius 2 is 2.18 bits per heavy atom. The minimum atomic E-state index is 0.242. The first-order valence-corrected chi connectivity index (χ1v) is 7.32. The lowest BCUT2D eigenvalue weighted by molar-refractivity contribution is 0.171. The first-order valence-electron chi connectivity index (χ1n) is 7.32. The number of aromatic nitrogens is 5. The average Bonchev–Trinajstić information content (AvgIpc) is 2.90. The van der Waals surface area contributed by atoms with Crippen molar-refractivity contribution in [3.63, 3.8) is 0 Å². The largest absolute Gasteiger partial charge is 0.377 e. The van der Waals surface area contributed by atoms with Gasteiger partial charge in [-0.25, -0.2) is 4.98 Å². The highest BCUT2D eigenvalue weighted by Crippen LogP contribution is 2.25. The number of anilines is 2. The molecule has 0 unspecified atom stereocenters. The van der Waals surface area contributed by atoms with Crippen LogP contribution < -0.4 is 10.2 Å². The molecule has 3 rings (SSSR count). The van der Waals surface area contributed by atoms with Gasteiger partial charge in [-0.1, -0.05) is 0 Å². The van der Waals surface area contributed by atoms with Gasteiger partial charge in [0.1, 0.15) is 12.4 Å². The summed E-state index contributed by atoms with van der Waals surface area (Å²) in [4.78, 5) is 11.2. The SMILES string of the molecule is CNc1cc(C)nc(N2Cc3nnc(COC)n3[C@@H](C)C2)n1. The monoisotopic (exact) mass is 303 g/mol. The van der Waals surface area contributed by atoms with Crippen LogP contribution in [0.5, 0.6) is 0 Å². The lowest BCUT2D eigenvalue weighted by Crippen LogP contribution is -2.38. The number of rotatable bonds is 4. The van der Waals surface area contributed by atoms with Gasteiger partial charge in [0, 0.05) is 32.5 Å². The van der Waals surface area contributed by atoms with Gasteiger partial charge in [0.2, 0.25) is 5.95 Å². The Balaban J connectivity index is 1.91. The number of nitrogens with zero attached hydrogens (tertiary/aromatic N) is 6. The summed E-state index contributed by atoms with van der Waals surface area (Å²) >= 11 is 0. The van der Waals surface area contributed by atoms with Crippen LogP contribution in [0.1, 0.15) is 30.3 Å². The second-order valence-corrected chi connectivity index (χ2v) is 5.51. The van der Waals surface area contributed by atoms with Crippen molar-refractivity contribution in [2.75, 3.05) is 30.9 Å². The van der Waals surface area contributed by atoms with Crippen molar-refractivity contribution < 1.29 is 4.74 Å².